The van der Waals surface area contributed by atoms with E-state index >= 15 is 0 Å². The Labute approximate surface area is 84.8 Å². The maximum Gasteiger partial charge on any atom is 0.171 e. The van der Waals surface area contributed by atoms with Crippen molar-refractivity contribution < 1.29 is 4.79 Å². The first-order valence-corrected chi connectivity index (χ1v) is 4.78. The van der Waals surface area contributed by atoms with Gasteiger partial charge in [-0.15, -0.1) is 0 Å². The molecule has 2 aromatic rings. The van der Waals surface area contributed by atoms with Crippen molar-refractivity contribution in [3.63, 3.8) is 0 Å². The number of hydrogen-bond acceptors (Lipinski definition) is 4. The Kier molecular flexibility index (Phi) is 2.60. The molecule has 0 aliphatic carbocycles. The van der Waals surface area contributed by atoms with E-state index in [2.05, 4.69) is 15.0 Å². The molecule has 0 aromatic carbocycles. The van der Waals surface area contributed by atoms with E-state index in [4.69, 9.17) is 0 Å². The normalized spacial score (nSPS) is 10.0. The van der Waals surface area contributed by atoms with Gasteiger partial charge in [0.2, 0.25) is 0 Å². The molecule has 0 aliphatic heterocycles. The van der Waals surface area contributed by atoms with Gasteiger partial charge in [0.25, 0.3) is 0 Å². The van der Waals surface area contributed by atoms with Crippen LogP contribution in [-0.2, 0) is 0 Å². The zero-order chi connectivity index (χ0) is 9.80. The maximum absolute atomic E-state index is 10.4. The van der Waals surface area contributed by atoms with E-state index in [1.165, 1.54) is 18.0 Å². The lowest BCUT2D eigenvalue weighted by Crippen LogP contribution is -1.84. The second-order valence-electron chi connectivity index (χ2n) is 2.54. The molecule has 0 radical (unpaired) electrons. The standard InChI is InChI=1S/C9H7N3OS/c13-6-7-1-2-8(12-5-7)14-9-10-3-4-11-9/h1-6H,(H,10,11). The molecule has 4 nitrogen and oxygen atoms in total. The maximum atomic E-state index is 10.4. The Morgan fingerprint density at radius 2 is 2.29 bits per heavy atom. The summed E-state index contributed by atoms with van der Waals surface area (Å²) in [6.07, 6.45) is 5.75. The zero-order valence-corrected chi connectivity index (χ0v) is 7.99. The number of nitrogens with zero attached hydrogens (tertiary/aromatic N) is 2. The van der Waals surface area contributed by atoms with E-state index in [9.17, 15) is 4.79 Å². The van der Waals surface area contributed by atoms with Crippen LogP contribution >= 0.6 is 11.8 Å². The lowest BCUT2D eigenvalue weighted by atomic mass is 10.3. The van der Waals surface area contributed by atoms with Gasteiger partial charge >= 0.3 is 0 Å². The smallest absolute Gasteiger partial charge is 0.171 e. The van der Waals surface area contributed by atoms with Crippen molar-refractivity contribution in [3.8, 4) is 0 Å². The minimum atomic E-state index is 0.578. The first-order chi connectivity index (χ1) is 6.88. The Morgan fingerprint density at radius 1 is 1.36 bits per heavy atom. The highest BCUT2D eigenvalue weighted by Crippen LogP contribution is 2.21. The molecule has 0 amide bonds. The molecule has 0 atom stereocenters. The molecule has 1 N–H and O–H groups in total. The summed E-state index contributed by atoms with van der Waals surface area (Å²) in [4.78, 5) is 21.5. The number of pyridine rings is 1. The number of rotatable bonds is 3. The minimum Gasteiger partial charge on any atom is -0.339 e. The summed E-state index contributed by atoms with van der Waals surface area (Å²) in [6, 6.07) is 3.52. The van der Waals surface area contributed by atoms with Crippen LogP contribution < -0.4 is 0 Å². The van der Waals surface area contributed by atoms with Gasteiger partial charge in [-0.2, -0.15) is 0 Å². The molecule has 0 fully saturated rings. The molecule has 0 bridgehead atoms. The third-order valence-electron chi connectivity index (χ3n) is 1.57. The number of aromatic nitrogens is 3. The number of carbonyl (C=O) groups is 1. The number of imidazole rings is 1. The third kappa shape index (κ3) is 2.00. The van der Waals surface area contributed by atoms with Crippen LogP contribution in [0.1, 0.15) is 10.4 Å². The fourth-order valence-corrected chi connectivity index (χ4v) is 1.61. The molecule has 5 heteroatoms. The third-order valence-corrected chi connectivity index (χ3v) is 2.44. The molecule has 70 valence electrons. The van der Waals surface area contributed by atoms with Crippen LogP contribution in [0.3, 0.4) is 0 Å². The van der Waals surface area contributed by atoms with Gasteiger partial charge in [0.15, 0.2) is 11.4 Å². The van der Waals surface area contributed by atoms with Gasteiger partial charge in [-0.1, -0.05) is 0 Å². The first kappa shape index (κ1) is 8.96. The molecule has 14 heavy (non-hydrogen) atoms. The SMILES string of the molecule is O=Cc1ccc(Sc2ncc[nH]2)nc1. The largest absolute Gasteiger partial charge is 0.339 e. The van der Waals surface area contributed by atoms with E-state index in [0.717, 1.165) is 16.5 Å². The summed E-state index contributed by atoms with van der Waals surface area (Å²) in [5.74, 6) is 0. The van der Waals surface area contributed by atoms with Gasteiger partial charge in [-0.3, -0.25) is 4.79 Å². The highest BCUT2D eigenvalue weighted by molar-refractivity contribution is 7.99. The molecular weight excluding hydrogens is 198 g/mol. The Bertz CT molecular complexity index is 410. The molecule has 2 aromatic heterocycles. The predicted molar refractivity (Wildman–Crippen MR) is 52.3 cm³/mol. The molecule has 2 heterocycles. The number of aromatic amines is 1. The second kappa shape index (κ2) is 4.06. The van der Waals surface area contributed by atoms with Crippen LogP contribution in [0.4, 0.5) is 0 Å². The van der Waals surface area contributed by atoms with Crippen LogP contribution in [0, 0.1) is 0 Å². The van der Waals surface area contributed by atoms with Crippen molar-refractivity contribution in [1.29, 1.82) is 0 Å². The van der Waals surface area contributed by atoms with Crippen molar-refractivity contribution in [3.05, 3.63) is 36.3 Å². The average molecular weight is 205 g/mol. The van der Waals surface area contributed by atoms with Crippen LogP contribution in [0.15, 0.2) is 40.9 Å². The molecule has 0 aliphatic rings. The summed E-state index contributed by atoms with van der Waals surface area (Å²) < 4.78 is 0. The number of nitrogens with one attached hydrogen (secondary N) is 1. The molecule has 0 unspecified atom stereocenters. The van der Waals surface area contributed by atoms with Crippen LogP contribution in [0.5, 0.6) is 0 Å². The average Bonchev–Trinajstić information content (AvgIpc) is 2.72. The van der Waals surface area contributed by atoms with Crippen LogP contribution in [0.25, 0.3) is 0 Å². The van der Waals surface area contributed by atoms with Gasteiger partial charge < -0.3 is 4.98 Å². The van der Waals surface area contributed by atoms with Crippen molar-refractivity contribution in [2.75, 3.05) is 0 Å². The number of carbonyl (C=O) groups excluding carboxylic acids is 1. The summed E-state index contributed by atoms with van der Waals surface area (Å²) in [7, 11) is 0. The Balaban J connectivity index is 2.14. The van der Waals surface area contributed by atoms with Gasteiger partial charge in [-0.25, -0.2) is 9.97 Å². The van der Waals surface area contributed by atoms with E-state index in [0.29, 0.717) is 5.56 Å². The highest BCUT2D eigenvalue weighted by Gasteiger charge is 1.99. The zero-order valence-electron chi connectivity index (χ0n) is 7.18. The molecule has 0 saturated heterocycles. The Hall–Kier alpha value is -1.62. The monoisotopic (exact) mass is 205 g/mol. The predicted octanol–water partition coefficient (Wildman–Crippen LogP) is 1.77. The van der Waals surface area contributed by atoms with Gasteiger partial charge in [0.1, 0.15) is 5.03 Å². The number of hydrogen-bond donors (Lipinski definition) is 1. The first-order valence-electron chi connectivity index (χ1n) is 3.97. The summed E-state index contributed by atoms with van der Waals surface area (Å²) in [5.41, 5.74) is 0.578. The highest BCUT2D eigenvalue weighted by atomic mass is 32.2. The molecule has 0 spiro atoms. The van der Waals surface area contributed by atoms with Gasteiger partial charge in [0, 0.05) is 24.2 Å². The van der Waals surface area contributed by atoms with E-state index in [-0.39, 0.29) is 0 Å². The fourth-order valence-electron chi connectivity index (χ4n) is 0.927. The second-order valence-corrected chi connectivity index (χ2v) is 3.55. The summed E-state index contributed by atoms with van der Waals surface area (Å²) >= 11 is 1.42. The van der Waals surface area contributed by atoms with Crippen molar-refractivity contribution in [2.45, 2.75) is 10.2 Å². The minimum absolute atomic E-state index is 0.578. The Morgan fingerprint density at radius 3 is 2.86 bits per heavy atom. The van der Waals surface area contributed by atoms with Crippen LogP contribution in [-0.4, -0.2) is 21.2 Å². The molecule has 2 rings (SSSR count). The van der Waals surface area contributed by atoms with E-state index < -0.39 is 0 Å². The van der Waals surface area contributed by atoms with Crippen molar-refractivity contribution in [1.82, 2.24) is 15.0 Å². The lowest BCUT2D eigenvalue weighted by molar-refractivity contribution is 0.112. The van der Waals surface area contributed by atoms with Crippen molar-refractivity contribution >= 4 is 18.0 Å². The fraction of sp³-hybridized carbons (Fsp3) is 0. The van der Waals surface area contributed by atoms with Gasteiger partial charge in [-0.05, 0) is 23.9 Å². The topological polar surface area (TPSA) is 58.6 Å². The molecular formula is C9H7N3OS. The number of aldehydes is 1. The van der Waals surface area contributed by atoms with E-state index in [1.807, 2.05) is 0 Å². The summed E-state index contributed by atoms with van der Waals surface area (Å²) in [6.45, 7) is 0. The van der Waals surface area contributed by atoms with E-state index in [1.54, 1.807) is 24.5 Å². The quantitative estimate of drug-likeness (QED) is 0.776. The summed E-state index contributed by atoms with van der Waals surface area (Å²) in [5, 5.41) is 1.60. The lowest BCUT2D eigenvalue weighted by Gasteiger charge is -1.96. The molecule has 0 saturated carbocycles. The van der Waals surface area contributed by atoms with Crippen LogP contribution in [0.2, 0.25) is 0 Å². The van der Waals surface area contributed by atoms with Gasteiger partial charge in [0.05, 0.1) is 0 Å². The number of H-pyrrole nitrogens is 1. The van der Waals surface area contributed by atoms with Crippen molar-refractivity contribution in [2.24, 2.45) is 0 Å².